The first-order valence-electron chi connectivity index (χ1n) is 9.36. The van der Waals surface area contributed by atoms with Crippen molar-refractivity contribution in [2.24, 2.45) is 5.41 Å². The van der Waals surface area contributed by atoms with Crippen molar-refractivity contribution in [1.82, 2.24) is 0 Å². The fourth-order valence-electron chi connectivity index (χ4n) is 4.23. The molecule has 1 aliphatic heterocycles. The fraction of sp³-hybridized carbons (Fsp3) is 0.842. The topological polar surface area (TPSA) is 157 Å². The van der Waals surface area contributed by atoms with Crippen LogP contribution < -0.4 is 0 Å². The quantitative estimate of drug-likeness (QED) is 0.304. The maximum atomic E-state index is 11.3. The molecule has 1 saturated carbocycles. The van der Waals surface area contributed by atoms with Gasteiger partial charge in [0.2, 0.25) is 0 Å². The smallest absolute Gasteiger partial charge is 0.186 e. The fourth-order valence-corrected chi connectivity index (χ4v) is 4.23. The molecule has 0 radical (unpaired) electrons. The van der Waals surface area contributed by atoms with Crippen LogP contribution in [0.3, 0.4) is 0 Å². The van der Waals surface area contributed by atoms with Gasteiger partial charge in [0.05, 0.1) is 18.3 Å². The molecule has 28 heavy (non-hydrogen) atoms. The summed E-state index contributed by atoms with van der Waals surface area (Å²) in [4.78, 5) is 11.3. The molecule has 9 nitrogen and oxygen atoms in total. The van der Waals surface area contributed by atoms with Crippen molar-refractivity contribution < 1.29 is 44.9 Å². The molecule has 1 heterocycles. The number of aliphatic hydroxyl groups excluding tert-OH is 4. The third-order valence-electron chi connectivity index (χ3n) is 5.95. The largest absolute Gasteiger partial charge is 0.394 e. The number of allylic oxidation sites excluding steroid dienone is 1. The monoisotopic (exact) mass is 404 g/mol. The summed E-state index contributed by atoms with van der Waals surface area (Å²) in [6, 6.07) is 0. The van der Waals surface area contributed by atoms with Crippen LogP contribution in [0.25, 0.3) is 0 Å². The number of ketones is 1. The van der Waals surface area contributed by atoms with Gasteiger partial charge in [0.25, 0.3) is 0 Å². The highest BCUT2D eigenvalue weighted by atomic mass is 16.7. The summed E-state index contributed by atoms with van der Waals surface area (Å²) in [6.07, 6.45) is -4.98. The average Bonchev–Trinajstić information content (AvgIpc) is 2.57. The third kappa shape index (κ3) is 4.17. The van der Waals surface area contributed by atoms with Gasteiger partial charge in [-0.1, -0.05) is 13.8 Å². The number of carbonyl (C=O) groups is 1. The molecule has 2 fully saturated rings. The number of carbonyl (C=O) groups excluding carboxylic acids is 1. The molecule has 162 valence electrons. The van der Waals surface area contributed by atoms with Crippen LogP contribution in [0.2, 0.25) is 0 Å². The second-order valence-corrected chi connectivity index (χ2v) is 8.73. The van der Waals surface area contributed by atoms with E-state index >= 15 is 0 Å². The van der Waals surface area contributed by atoms with Crippen molar-refractivity contribution in [2.75, 3.05) is 6.61 Å². The Hall–Kier alpha value is -0.910. The number of ether oxygens (including phenoxy) is 2. The van der Waals surface area contributed by atoms with E-state index in [2.05, 4.69) is 0 Å². The summed E-state index contributed by atoms with van der Waals surface area (Å²) in [5.74, 6) is -0.264. The van der Waals surface area contributed by atoms with Crippen LogP contribution >= 0.6 is 0 Å². The minimum absolute atomic E-state index is 0.0375. The van der Waals surface area contributed by atoms with Crippen molar-refractivity contribution in [3.63, 3.8) is 0 Å². The molecular weight excluding hydrogens is 372 g/mol. The summed E-state index contributed by atoms with van der Waals surface area (Å²) in [5.41, 5.74) is -4.29. The highest BCUT2D eigenvalue weighted by molar-refractivity contribution is 5.87. The minimum Gasteiger partial charge on any atom is -0.394 e. The molecule has 0 bridgehead atoms. The van der Waals surface area contributed by atoms with Crippen molar-refractivity contribution in [2.45, 2.75) is 88.5 Å². The average molecular weight is 404 g/mol. The first kappa shape index (κ1) is 23.4. The lowest BCUT2D eigenvalue weighted by molar-refractivity contribution is -0.326. The molecule has 9 heteroatoms. The minimum atomic E-state index is -1.71. The Bertz CT molecular complexity index is 580. The predicted molar refractivity (Wildman–Crippen MR) is 97.0 cm³/mol. The number of hydrogen-bond acceptors (Lipinski definition) is 9. The predicted octanol–water partition coefficient (Wildman–Crippen LogP) is -1.38. The molecule has 6 N–H and O–H groups in total. The molecule has 0 spiro atoms. The maximum absolute atomic E-state index is 11.3. The molecule has 0 unspecified atom stereocenters. The lowest BCUT2D eigenvalue weighted by Crippen LogP contribution is -2.66. The maximum Gasteiger partial charge on any atom is 0.186 e. The molecule has 8 atom stereocenters. The SMILES string of the molecule is CC(=O)/C=C\[C@@]1(O)C(C)(C)C[C@H](O[C@@H]2O[C@H](CO)[C@@H](O)[C@H](O)[C@H]2O)C[C@]1(C)O. The Morgan fingerprint density at radius 3 is 2.21 bits per heavy atom. The van der Waals surface area contributed by atoms with E-state index in [0.717, 1.165) is 0 Å². The summed E-state index contributed by atoms with van der Waals surface area (Å²) in [5, 5.41) is 61.4. The van der Waals surface area contributed by atoms with E-state index in [1.54, 1.807) is 13.8 Å². The summed E-state index contributed by atoms with van der Waals surface area (Å²) < 4.78 is 11.1. The van der Waals surface area contributed by atoms with E-state index in [9.17, 15) is 35.4 Å². The van der Waals surface area contributed by atoms with Gasteiger partial charge in [-0.25, -0.2) is 0 Å². The lowest BCUT2D eigenvalue weighted by Gasteiger charge is -2.56. The van der Waals surface area contributed by atoms with Crippen molar-refractivity contribution >= 4 is 5.78 Å². The van der Waals surface area contributed by atoms with Crippen LogP contribution in [0.5, 0.6) is 0 Å². The number of hydrogen-bond donors (Lipinski definition) is 6. The summed E-state index contributed by atoms with van der Waals surface area (Å²) in [6.45, 7) is 5.63. The zero-order valence-corrected chi connectivity index (χ0v) is 16.6. The highest BCUT2D eigenvalue weighted by Crippen LogP contribution is 2.51. The van der Waals surface area contributed by atoms with Crippen LogP contribution in [0, 0.1) is 5.41 Å². The van der Waals surface area contributed by atoms with E-state index in [1.165, 1.54) is 26.0 Å². The van der Waals surface area contributed by atoms with Crippen LogP contribution in [-0.2, 0) is 14.3 Å². The Morgan fingerprint density at radius 1 is 1.11 bits per heavy atom. The Balaban J connectivity index is 2.21. The lowest BCUT2D eigenvalue weighted by atomic mass is 9.57. The zero-order valence-electron chi connectivity index (χ0n) is 16.6. The molecule has 0 aromatic heterocycles. The van der Waals surface area contributed by atoms with Gasteiger partial charge in [0, 0.05) is 11.8 Å². The van der Waals surface area contributed by atoms with Gasteiger partial charge < -0.3 is 40.1 Å². The standard InChI is InChI=1S/C19H32O9/c1-10(21)5-6-19(26)17(2,3)7-11(8-18(19,4)25)27-16-15(24)14(23)13(22)12(9-20)28-16/h5-6,11-16,20,22-26H,7-9H2,1-4H3/b6-5-/t11-,12+,13+,14-,15+,16+,18-,19+/m0/s1. The van der Waals surface area contributed by atoms with Crippen molar-refractivity contribution in [1.29, 1.82) is 0 Å². The van der Waals surface area contributed by atoms with Gasteiger partial charge in [-0.15, -0.1) is 0 Å². The van der Waals surface area contributed by atoms with Crippen LogP contribution in [0.4, 0.5) is 0 Å². The zero-order chi connectivity index (χ0) is 21.5. The Kier molecular flexibility index (Phi) is 6.74. The van der Waals surface area contributed by atoms with Gasteiger partial charge in [0.1, 0.15) is 30.0 Å². The molecule has 1 aliphatic carbocycles. The molecule has 2 aliphatic rings. The van der Waals surface area contributed by atoms with Gasteiger partial charge in [0.15, 0.2) is 12.1 Å². The molecule has 2 rings (SSSR count). The van der Waals surface area contributed by atoms with Crippen molar-refractivity contribution in [3.05, 3.63) is 12.2 Å². The van der Waals surface area contributed by atoms with Crippen molar-refractivity contribution in [3.8, 4) is 0 Å². The summed E-state index contributed by atoms with van der Waals surface area (Å²) in [7, 11) is 0. The third-order valence-corrected chi connectivity index (χ3v) is 5.95. The van der Waals surface area contributed by atoms with E-state index in [1.807, 2.05) is 0 Å². The first-order valence-corrected chi connectivity index (χ1v) is 9.36. The number of rotatable bonds is 5. The molecule has 0 aromatic rings. The Labute approximate surface area is 164 Å². The van der Waals surface area contributed by atoms with Crippen LogP contribution in [-0.4, -0.2) is 91.0 Å². The van der Waals surface area contributed by atoms with E-state index in [4.69, 9.17) is 9.47 Å². The molecule has 0 aromatic carbocycles. The second kappa shape index (κ2) is 8.08. The summed E-state index contributed by atoms with van der Waals surface area (Å²) >= 11 is 0. The molecular formula is C19H32O9. The Morgan fingerprint density at radius 2 is 1.71 bits per heavy atom. The van der Waals surface area contributed by atoms with Gasteiger partial charge in [-0.3, -0.25) is 4.79 Å². The van der Waals surface area contributed by atoms with Gasteiger partial charge >= 0.3 is 0 Å². The van der Waals surface area contributed by atoms with E-state index < -0.39 is 60.0 Å². The number of aliphatic hydroxyl groups is 6. The van der Waals surface area contributed by atoms with Crippen LogP contribution in [0.1, 0.15) is 40.5 Å². The molecule has 0 amide bonds. The van der Waals surface area contributed by atoms with E-state index in [0.29, 0.717) is 0 Å². The van der Waals surface area contributed by atoms with E-state index in [-0.39, 0.29) is 18.6 Å². The normalized spacial score (nSPS) is 46.6. The van der Waals surface area contributed by atoms with Gasteiger partial charge in [-0.2, -0.15) is 0 Å². The van der Waals surface area contributed by atoms with Crippen LogP contribution in [0.15, 0.2) is 12.2 Å². The highest BCUT2D eigenvalue weighted by Gasteiger charge is 2.59. The second-order valence-electron chi connectivity index (χ2n) is 8.73. The first-order chi connectivity index (χ1) is 12.8. The van der Waals surface area contributed by atoms with Gasteiger partial charge in [-0.05, 0) is 32.4 Å². The molecule has 1 saturated heterocycles.